The minimum atomic E-state index is 0.195. The zero-order valence-corrected chi connectivity index (χ0v) is 11.9. The van der Waals surface area contributed by atoms with Crippen molar-refractivity contribution >= 4 is 11.6 Å². The van der Waals surface area contributed by atoms with E-state index in [1.807, 2.05) is 0 Å². The van der Waals surface area contributed by atoms with Crippen LogP contribution in [0, 0.1) is 25.2 Å². The molecule has 0 aliphatic carbocycles. The molecule has 0 saturated carbocycles. The summed E-state index contributed by atoms with van der Waals surface area (Å²) in [5, 5.41) is 0. The van der Waals surface area contributed by atoms with Crippen LogP contribution in [0.3, 0.4) is 0 Å². The standard InChI is InChI=1S/C15H23Cl/c1-11(2)15(5,10-16)9-14-8-12(3)6-7-13(14)4/h6-8,11H,9-10H2,1-5H3. The number of rotatable bonds is 4. The van der Waals surface area contributed by atoms with Gasteiger partial charge in [0.2, 0.25) is 0 Å². The molecule has 0 aliphatic heterocycles. The first kappa shape index (κ1) is 13.6. The highest BCUT2D eigenvalue weighted by Crippen LogP contribution is 2.33. The molecule has 1 atom stereocenters. The molecule has 0 aliphatic rings. The number of alkyl halides is 1. The fourth-order valence-electron chi connectivity index (χ4n) is 1.83. The Morgan fingerprint density at radius 3 is 2.38 bits per heavy atom. The van der Waals surface area contributed by atoms with Gasteiger partial charge >= 0.3 is 0 Å². The van der Waals surface area contributed by atoms with E-state index < -0.39 is 0 Å². The normalized spacial score (nSPS) is 15.2. The highest BCUT2D eigenvalue weighted by Gasteiger charge is 2.28. The quantitative estimate of drug-likeness (QED) is 0.665. The van der Waals surface area contributed by atoms with Gasteiger partial charge in [0.1, 0.15) is 0 Å². The van der Waals surface area contributed by atoms with Crippen LogP contribution in [0.15, 0.2) is 18.2 Å². The SMILES string of the molecule is Cc1ccc(C)c(CC(C)(CCl)C(C)C)c1. The maximum absolute atomic E-state index is 6.15. The lowest BCUT2D eigenvalue weighted by molar-refractivity contribution is 0.253. The number of halogens is 1. The van der Waals surface area contributed by atoms with Gasteiger partial charge in [-0.25, -0.2) is 0 Å². The second-order valence-electron chi connectivity index (χ2n) is 5.55. The molecule has 1 heteroatoms. The van der Waals surface area contributed by atoms with Gasteiger partial charge in [0.05, 0.1) is 0 Å². The summed E-state index contributed by atoms with van der Waals surface area (Å²) < 4.78 is 0. The van der Waals surface area contributed by atoms with E-state index in [0.29, 0.717) is 5.92 Å². The lowest BCUT2D eigenvalue weighted by atomic mass is 9.75. The van der Waals surface area contributed by atoms with Crippen LogP contribution in [0.2, 0.25) is 0 Å². The van der Waals surface area contributed by atoms with E-state index in [9.17, 15) is 0 Å². The second-order valence-corrected chi connectivity index (χ2v) is 5.82. The highest BCUT2D eigenvalue weighted by atomic mass is 35.5. The van der Waals surface area contributed by atoms with Gasteiger partial charge in [-0.3, -0.25) is 0 Å². The molecule has 0 N–H and O–H groups in total. The molecular formula is C15H23Cl. The van der Waals surface area contributed by atoms with E-state index in [-0.39, 0.29) is 5.41 Å². The Bertz CT molecular complexity index is 354. The van der Waals surface area contributed by atoms with Crippen LogP contribution in [0.5, 0.6) is 0 Å². The Labute approximate surface area is 105 Å². The average molecular weight is 239 g/mol. The van der Waals surface area contributed by atoms with Crippen LogP contribution in [0.25, 0.3) is 0 Å². The van der Waals surface area contributed by atoms with Crippen molar-refractivity contribution < 1.29 is 0 Å². The zero-order valence-electron chi connectivity index (χ0n) is 11.1. The van der Waals surface area contributed by atoms with Gasteiger partial charge < -0.3 is 0 Å². The minimum Gasteiger partial charge on any atom is -0.126 e. The molecule has 0 fully saturated rings. The molecule has 1 aromatic rings. The molecule has 0 spiro atoms. The molecule has 1 aromatic carbocycles. The van der Waals surface area contributed by atoms with E-state index in [2.05, 4.69) is 52.8 Å². The van der Waals surface area contributed by atoms with E-state index in [0.717, 1.165) is 12.3 Å². The first-order valence-corrected chi connectivity index (χ1v) is 6.54. The Morgan fingerprint density at radius 1 is 1.25 bits per heavy atom. The Balaban J connectivity index is 2.98. The van der Waals surface area contributed by atoms with Crippen molar-refractivity contribution in [3.63, 3.8) is 0 Å². The highest BCUT2D eigenvalue weighted by molar-refractivity contribution is 6.18. The van der Waals surface area contributed by atoms with Crippen molar-refractivity contribution in [2.45, 2.75) is 41.0 Å². The molecule has 1 rings (SSSR count). The maximum atomic E-state index is 6.15. The van der Waals surface area contributed by atoms with Gasteiger partial charge in [-0.1, -0.05) is 44.5 Å². The summed E-state index contributed by atoms with van der Waals surface area (Å²) in [6.07, 6.45) is 1.07. The largest absolute Gasteiger partial charge is 0.126 e. The average Bonchev–Trinajstić information content (AvgIpc) is 2.23. The summed E-state index contributed by atoms with van der Waals surface area (Å²) in [5.74, 6) is 1.32. The fraction of sp³-hybridized carbons (Fsp3) is 0.600. The Hall–Kier alpha value is -0.490. The van der Waals surface area contributed by atoms with Gasteiger partial charge in [0, 0.05) is 5.88 Å². The molecule has 0 saturated heterocycles. The fourth-order valence-corrected chi connectivity index (χ4v) is 2.23. The Morgan fingerprint density at radius 2 is 1.88 bits per heavy atom. The third kappa shape index (κ3) is 3.01. The molecule has 0 amide bonds. The molecule has 0 heterocycles. The number of aryl methyl sites for hydroxylation is 2. The predicted octanol–water partition coefficient (Wildman–Crippen LogP) is 4.75. The van der Waals surface area contributed by atoms with Crippen molar-refractivity contribution in [2.75, 3.05) is 5.88 Å². The molecule has 0 aromatic heterocycles. The molecule has 90 valence electrons. The lowest BCUT2D eigenvalue weighted by Crippen LogP contribution is -2.28. The van der Waals surface area contributed by atoms with Crippen molar-refractivity contribution in [2.24, 2.45) is 11.3 Å². The van der Waals surface area contributed by atoms with Crippen LogP contribution in [-0.2, 0) is 6.42 Å². The topological polar surface area (TPSA) is 0 Å². The monoisotopic (exact) mass is 238 g/mol. The third-order valence-corrected chi connectivity index (χ3v) is 4.41. The van der Waals surface area contributed by atoms with Crippen molar-refractivity contribution in [1.29, 1.82) is 0 Å². The second kappa shape index (κ2) is 5.23. The van der Waals surface area contributed by atoms with Gasteiger partial charge in [0.15, 0.2) is 0 Å². The van der Waals surface area contributed by atoms with Crippen LogP contribution in [0.1, 0.15) is 37.5 Å². The van der Waals surface area contributed by atoms with Gasteiger partial charge in [-0.15, -0.1) is 11.6 Å². The van der Waals surface area contributed by atoms with Crippen LogP contribution in [0.4, 0.5) is 0 Å². The molecule has 0 bridgehead atoms. The molecule has 0 nitrogen and oxygen atoms in total. The van der Waals surface area contributed by atoms with Crippen molar-refractivity contribution in [3.05, 3.63) is 34.9 Å². The van der Waals surface area contributed by atoms with Crippen LogP contribution in [-0.4, -0.2) is 5.88 Å². The lowest BCUT2D eigenvalue weighted by Gasteiger charge is -2.32. The van der Waals surface area contributed by atoms with E-state index >= 15 is 0 Å². The Kier molecular flexibility index (Phi) is 4.43. The zero-order chi connectivity index (χ0) is 12.3. The molecular weight excluding hydrogens is 216 g/mol. The first-order valence-electron chi connectivity index (χ1n) is 6.01. The summed E-state index contributed by atoms with van der Waals surface area (Å²) >= 11 is 6.15. The van der Waals surface area contributed by atoms with Crippen molar-refractivity contribution in [3.8, 4) is 0 Å². The maximum Gasteiger partial charge on any atom is 0.0282 e. The summed E-state index contributed by atoms with van der Waals surface area (Å²) in [6.45, 7) is 11.1. The van der Waals surface area contributed by atoms with E-state index in [1.54, 1.807) is 0 Å². The van der Waals surface area contributed by atoms with Gasteiger partial charge in [-0.05, 0) is 42.7 Å². The minimum absolute atomic E-state index is 0.195. The third-order valence-electron chi connectivity index (χ3n) is 3.80. The summed E-state index contributed by atoms with van der Waals surface area (Å²) in [5.41, 5.74) is 4.35. The number of hydrogen-bond donors (Lipinski definition) is 0. The molecule has 0 radical (unpaired) electrons. The molecule has 16 heavy (non-hydrogen) atoms. The van der Waals surface area contributed by atoms with E-state index in [1.165, 1.54) is 16.7 Å². The number of hydrogen-bond acceptors (Lipinski definition) is 0. The van der Waals surface area contributed by atoms with Gasteiger partial charge in [-0.2, -0.15) is 0 Å². The molecule has 1 unspecified atom stereocenters. The van der Waals surface area contributed by atoms with Crippen LogP contribution >= 0.6 is 11.6 Å². The summed E-state index contributed by atoms with van der Waals surface area (Å²) in [4.78, 5) is 0. The van der Waals surface area contributed by atoms with E-state index in [4.69, 9.17) is 11.6 Å². The smallest absolute Gasteiger partial charge is 0.0282 e. The predicted molar refractivity (Wildman–Crippen MR) is 73.3 cm³/mol. The first-order chi connectivity index (χ1) is 7.39. The summed E-state index contributed by atoms with van der Waals surface area (Å²) in [7, 11) is 0. The summed E-state index contributed by atoms with van der Waals surface area (Å²) in [6, 6.07) is 6.68. The number of benzene rings is 1. The van der Waals surface area contributed by atoms with Crippen molar-refractivity contribution in [1.82, 2.24) is 0 Å². The van der Waals surface area contributed by atoms with Gasteiger partial charge in [0.25, 0.3) is 0 Å². The van der Waals surface area contributed by atoms with Crippen LogP contribution < -0.4 is 0 Å².